The first-order valence-corrected chi connectivity index (χ1v) is 5.07. The standard InChI is InChI=1S/C11H18N2/c1-9-8-11(2,13(3)12-9)10-6-4-5-7-10/h4,6,10H,5,7-8H2,1-3H3. The maximum absolute atomic E-state index is 4.50. The van der Waals surface area contributed by atoms with Crippen LogP contribution in [-0.2, 0) is 0 Å². The first kappa shape index (κ1) is 8.79. The van der Waals surface area contributed by atoms with Crippen molar-refractivity contribution < 1.29 is 0 Å². The highest BCUT2D eigenvalue weighted by molar-refractivity contribution is 5.84. The van der Waals surface area contributed by atoms with E-state index in [4.69, 9.17) is 0 Å². The Morgan fingerprint density at radius 3 is 2.85 bits per heavy atom. The number of hydrogen-bond acceptors (Lipinski definition) is 2. The van der Waals surface area contributed by atoms with E-state index in [0.717, 1.165) is 6.42 Å². The molecule has 0 amide bonds. The van der Waals surface area contributed by atoms with Gasteiger partial charge in [-0.2, -0.15) is 5.10 Å². The highest BCUT2D eigenvalue weighted by Crippen LogP contribution is 2.38. The number of rotatable bonds is 1. The summed E-state index contributed by atoms with van der Waals surface area (Å²) in [4.78, 5) is 0. The molecule has 2 atom stereocenters. The highest BCUT2D eigenvalue weighted by atomic mass is 15.5. The van der Waals surface area contributed by atoms with Gasteiger partial charge in [0.25, 0.3) is 0 Å². The quantitative estimate of drug-likeness (QED) is 0.563. The van der Waals surface area contributed by atoms with Crippen LogP contribution in [0.1, 0.15) is 33.1 Å². The lowest BCUT2D eigenvalue weighted by molar-refractivity contribution is 0.122. The van der Waals surface area contributed by atoms with Crippen LogP contribution in [0.5, 0.6) is 0 Å². The fraction of sp³-hybridized carbons (Fsp3) is 0.727. The summed E-state index contributed by atoms with van der Waals surface area (Å²) >= 11 is 0. The van der Waals surface area contributed by atoms with Crippen molar-refractivity contribution >= 4 is 5.71 Å². The lowest BCUT2D eigenvalue weighted by Gasteiger charge is -2.36. The van der Waals surface area contributed by atoms with Crippen LogP contribution < -0.4 is 0 Å². The van der Waals surface area contributed by atoms with Crippen LogP contribution in [-0.4, -0.2) is 23.3 Å². The van der Waals surface area contributed by atoms with Gasteiger partial charge in [-0.1, -0.05) is 12.2 Å². The van der Waals surface area contributed by atoms with E-state index in [1.54, 1.807) is 0 Å². The van der Waals surface area contributed by atoms with Crippen molar-refractivity contribution in [3.05, 3.63) is 12.2 Å². The van der Waals surface area contributed by atoms with Crippen LogP contribution in [0.2, 0.25) is 0 Å². The van der Waals surface area contributed by atoms with E-state index in [2.05, 4.69) is 43.2 Å². The van der Waals surface area contributed by atoms with Gasteiger partial charge in [0.1, 0.15) is 0 Å². The zero-order valence-electron chi connectivity index (χ0n) is 8.75. The highest BCUT2D eigenvalue weighted by Gasteiger charge is 2.41. The molecule has 2 nitrogen and oxygen atoms in total. The van der Waals surface area contributed by atoms with Gasteiger partial charge in [-0.15, -0.1) is 0 Å². The van der Waals surface area contributed by atoms with Crippen molar-refractivity contribution in [2.24, 2.45) is 11.0 Å². The molecule has 0 N–H and O–H groups in total. The third-order valence-electron chi connectivity index (χ3n) is 3.49. The van der Waals surface area contributed by atoms with Gasteiger partial charge in [0.2, 0.25) is 0 Å². The molecule has 1 heterocycles. The minimum atomic E-state index is 0.247. The summed E-state index contributed by atoms with van der Waals surface area (Å²) < 4.78 is 0. The molecule has 1 aliphatic heterocycles. The Morgan fingerprint density at radius 2 is 2.38 bits per heavy atom. The van der Waals surface area contributed by atoms with Gasteiger partial charge < -0.3 is 0 Å². The molecule has 0 bridgehead atoms. The van der Waals surface area contributed by atoms with E-state index in [1.807, 2.05) is 0 Å². The first-order chi connectivity index (χ1) is 6.13. The van der Waals surface area contributed by atoms with E-state index < -0.39 is 0 Å². The van der Waals surface area contributed by atoms with Crippen LogP contribution in [0.15, 0.2) is 17.3 Å². The zero-order chi connectivity index (χ0) is 9.47. The molecular formula is C11H18N2. The predicted octanol–water partition coefficient (Wildman–Crippen LogP) is 2.42. The third kappa shape index (κ3) is 1.28. The summed E-state index contributed by atoms with van der Waals surface area (Å²) in [6, 6.07) is 0. The molecular weight excluding hydrogens is 160 g/mol. The Bertz CT molecular complexity index is 267. The first-order valence-electron chi connectivity index (χ1n) is 5.07. The van der Waals surface area contributed by atoms with Crippen LogP contribution in [0.4, 0.5) is 0 Å². The second-order valence-corrected chi connectivity index (χ2v) is 4.50. The van der Waals surface area contributed by atoms with Gasteiger partial charge >= 0.3 is 0 Å². The van der Waals surface area contributed by atoms with Crippen molar-refractivity contribution in [1.29, 1.82) is 0 Å². The molecule has 2 unspecified atom stereocenters. The number of hydrogen-bond donors (Lipinski definition) is 0. The van der Waals surface area contributed by atoms with E-state index in [1.165, 1.54) is 18.6 Å². The molecule has 0 aromatic heterocycles. The molecule has 0 saturated carbocycles. The fourth-order valence-corrected chi connectivity index (χ4v) is 2.56. The Kier molecular flexibility index (Phi) is 1.94. The van der Waals surface area contributed by atoms with Gasteiger partial charge in [-0.3, -0.25) is 5.01 Å². The third-order valence-corrected chi connectivity index (χ3v) is 3.49. The molecule has 0 fully saturated rings. The van der Waals surface area contributed by atoms with Gasteiger partial charge in [0.15, 0.2) is 0 Å². The molecule has 13 heavy (non-hydrogen) atoms. The van der Waals surface area contributed by atoms with E-state index >= 15 is 0 Å². The predicted molar refractivity (Wildman–Crippen MR) is 55.8 cm³/mol. The van der Waals surface area contributed by atoms with Gasteiger partial charge in [0.05, 0.1) is 5.54 Å². The average molecular weight is 178 g/mol. The molecule has 72 valence electrons. The minimum Gasteiger partial charge on any atom is -0.293 e. The van der Waals surface area contributed by atoms with Crippen molar-refractivity contribution in [3.63, 3.8) is 0 Å². The smallest absolute Gasteiger partial charge is 0.0662 e. The normalized spacial score (nSPS) is 38.5. The molecule has 0 radical (unpaired) electrons. The molecule has 2 aliphatic rings. The molecule has 0 aromatic rings. The van der Waals surface area contributed by atoms with Crippen molar-refractivity contribution in [3.8, 4) is 0 Å². The van der Waals surface area contributed by atoms with E-state index in [9.17, 15) is 0 Å². The summed E-state index contributed by atoms with van der Waals surface area (Å²) in [6.07, 6.45) is 8.33. The number of nitrogens with zero attached hydrogens (tertiary/aromatic N) is 2. The van der Waals surface area contributed by atoms with Gasteiger partial charge in [0, 0.05) is 25.1 Å². The Hall–Kier alpha value is -0.790. The zero-order valence-corrected chi connectivity index (χ0v) is 8.75. The molecule has 2 heteroatoms. The van der Waals surface area contributed by atoms with Crippen LogP contribution in [0.3, 0.4) is 0 Å². The molecule has 2 rings (SSSR count). The maximum Gasteiger partial charge on any atom is 0.0662 e. The Balaban J connectivity index is 2.17. The van der Waals surface area contributed by atoms with Crippen LogP contribution in [0, 0.1) is 5.92 Å². The van der Waals surface area contributed by atoms with Crippen molar-refractivity contribution in [1.82, 2.24) is 5.01 Å². The fourth-order valence-electron chi connectivity index (χ4n) is 2.56. The maximum atomic E-state index is 4.50. The van der Waals surface area contributed by atoms with Crippen molar-refractivity contribution in [2.45, 2.75) is 38.6 Å². The van der Waals surface area contributed by atoms with Crippen LogP contribution >= 0.6 is 0 Å². The largest absolute Gasteiger partial charge is 0.293 e. The Labute approximate surface area is 80.3 Å². The molecule has 0 spiro atoms. The van der Waals surface area contributed by atoms with Gasteiger partial charge in [-0.25, -0.2) is 0 Å². The lowest BCUT2D eigenvalue weighted by atomic mass is 9.82. The van der Waals surface area contributed by atoms with Crippen molar-refractivity contribution in [2.75, 3.05) is 7.05 Å². The summed E-state index contributed by atoms with van der Waals surface area (Å²) in [5.41, 5.74) is 1.52. The summed E-state index contributed by atoms with van der Waals surface area (Å²) in [7, 11) is 2.10. The van der Waals surface area contributed by atoms with Crippen LogP contribution in [0.25, 0.3) is 0 Å². The average Bonchev–Trinajstić information content (AvgIpc) is 2.61. The topological polar surface area (TPSA) is 15.6 Å². The minimum absolute atomic E-state index is 0.247. The summed E-state index contributed by atoms with van der Waals surface area (Å²) in [6.45, 7) is 4.45. The number of allylic oxidation sites excluding steroid dienone is 1. The van der Waals surface area contributed by atoms with E-state index in [-0.39, 0.29) is 5.54 Å². The lowest BCUT2D eigenvalue weighted by Crippen LogP contribution is -2.43. The number of hydrazone groups is 1. The second kappa shape index (κ2) is 2.86. The summed E-state index contributed by atoms with van der Waals surface area (Å²) in [5.74, 6) is 0.693. The second-order valence-electron chi connectivity index (χ2n) is 4.50. The molecule has 0 aromatic carbocycles. The molecule has 0 saturated heterocycles. The summed E-state index contributed by atoms with van der Waals surface area (Å²) in [5, 5.41) is 6.66. The molecule has 1 aliphatic carbocycles. The monoisotopic (exact) mass is 178 g/mol. The van der Waals surface area contributed by atoms with Gasteiger partial charge in [-0.05, 0) is 26.7 Å². The SMILES string of the molecule is CC1=NN(C)C(C)(C2C=CCC2)C1. The van der Waals surface area contributed by atoms with E-state index in [0.29, 0.717) is 5.92 Å². The Morgan fingerprint density at radius 1 is 1.62 bits per heavy atom.